The van der Waals surface area contributed by atoms with Gasteiger partial charge in [-0.25, -0.2) is 17.2 Å². The Hall–Kier alpha value is -2.55. The fourth-order valence-corrected chi connectivity index (χ4v) is 3.95. The first-order chi connectivity index (χ1) is 13.7. The van der Waals surface area contributed by atoms with Crippen LogP contribution in [0.1, 0.15) is 25.3 Å². The van der Waals surface area contributed by atoms with Gasteiger partial charge in [0.25, 0.3) is 5.91 Å². The molecule has 156 valence electrons. The number of nitrogens with one attached hydrogen (secondary N) is 1. The van der Waals surface area contributed by atoms with Gasteiger partial charge in [0.05, 0.1) is 4.90 Å². The van der Waals surface area contributed by atoms with E-state index < -0.39 is 34.0 Å². The number of sulfone groups is 1. The summed E-state index contributed by atoms with van der Waals surface area (Å²) in [5.74, 6) is -0.548. The van der Waals surface area contributed by atoms with Crippen molar-refractivity contribution in [2.45, 2.75) is 43.5 Å². The van der Waals surface area contributed by atoms with E-state index in [-0.39, 0.29) is 23.3 Å². The normalized spacial score (nSPS) is 22.6. The van der Waals surface area contributed by atoms with Gasteiger partial charge in [0.15, 0.2) is 15.7 Å². The molecule has 0 saturated heterocycles. The maximum Gasteiger partial charge on any atom is 0.257 e. The van der Waals surface area contributed by atoms with Gasteiger partial charge in [-0.1, -0.05) is 18.2 Å². The third kappa shape index (κ3) is 5.09. The van der Waals surface area contributed by atoms with Crippen molar-refractivity contribution in [1.82, 2.24) is 9.78 Å². The molecule has 1 heterocycles. The van der Waals surface area contributed by atoms with Gasteiger partial charge in [0.2, 0.25) is 0 Å². The van der Waals surface area contributed by atoms with E-state index in [0.717, 1.165) is 6.26 Å². The van der Waals surface area contributed by atoms with Crippen LogP contribution < -0.4 is 5.32 Å². The van der Waals surface area contributed by atoms with Gasteiger partial charge in [-0.3, -0.25) is 9.48 Å². The molecular weight excluding hydrogens is 400 g/mol. The zero-order valence-electron chi connectivity index (χ0n) is 16.2. The third-order valence-corrected chi connectivity index (χ3v) is 6.02. The summed E-state index contributed by atoms with van der Waals surface area (Å²) in [6.45, 7) is 2.55. The Morgan fingerprint density at radius 2 is 1.83 bits per heavy atom. The first-order valence-corrected chi connectivity index (χ1v) is 11.2. The van der Waals surface area contributed by atoms with E-state index >= 15 is 0 Å². The van der Waals surface area contributed by atoms with Crippen molar-refractivity contribution in [3.63, 3.8) is 0 Å². The first-order valence-electron chi connectivity index (χ1n) is 9.32. The van der Waals surface area contributed by atoms with E-state index in [2.05, 4.69) is 10.4 Å². The molecular formula is C20H23F2N3O3S. The highest BCUT2D eigenvalue weighted by molar-refractivity contribution is 7.90. The molecule has 2 aromatic rings. The number of benzene rings is 1. The van der Waals surface area contributed by atoms with Crippen molar-refractivity contribution in [1.29, 1.82) is 0 Å². The maximum atomic E-state index is 13.6. The molecule has 29 heavy (non-hydrogen) atoms. The fourth-order valence-electron chi connectivity index (χ4n) is 3.31. The van der Waals surface area contributed by atoms with E-state index in [4.69, 9.17) is 0 Å². The van der Waals surface area contributed by atoms with Crippen LogP contribution in [0.5, 0.6) is 0 Å². The minimum Gasteiger partial charge on any atom is -0.305 e. The number of nitrogens with zero attached hydrogens (tertiary/aromatic N) is 2. The van der Waals surface area contributed by atoms with Gasteiger partial charge >= 0.3 is 0 Å². The van der Waals surface area contributed by atoms with E-state index in [0.29, 0.717) is 17.9 Å². The molecule has 0 radical (unpaired) electrons. The summed E-state index contributed by atoms with van der Waals surface area (Å²) in [5, 5.41) is 6.90. The number of aryl methyl sites for hydroxylation is 1. The summed E-state index contributed by atoms with van der Waals surface area (Å²) in [4.78, 5) is 13.0. The molecule has 1 aliphatic rings. The maximum absolute atomic E-state index is 13.6. The summed E-state index contributed by atoms with van der Waals surface area (Å²) < 4.78 is 52.2. The van der Waals surface area contributed by atoms with Gasteiger partial charge in [0.1, 0.15) is 12.3 Å². The number of amides is 1. The number of hydrogen-bond acceptors (Lipinski definition) is 4. The average Bonchev–Trinajstić information content (AvgIpc) is 3.25. The first kappa shape index (κ1) is 21.2. The highest BCUT2D eigenvalue weighted by Crippen LogP contribution is 2.34. The van der Waals surface area contributed by atoms with Crippen LogP contribution in [0.25, 0.3) is 5.57 Å². The SMILES string of the molecule is CCn1ccc(NC(=O)C(=CC2C[C@@H](F)[C@@H](F)C2)c2ccc(S(C)(=O)=O)cc2)n1. The fraction of sp³-hybridized carbons (Fsp3) is 0.400. The van der Waals surface area contributed by atoms with Crippen molar-refractivity contribution in [2.24, 2.45) is 5.92 Å². The van der Waals surface area contributed by atoms with Gasteiger partial charge < -0.3 is 5.32 Å². The highest BCUT2D eigenvalue weighted by atomic mass is 32.2. The Kier molecular flexibility index (Phi) is 6.16. The largest absolute Gasteiger partial charge is 0.305 e. The van der Waals surface area contributed by atoms with Gasteiger partial charge in [-0.05, 0) is 43.4 Å². The molecule has 1 unspecified atom stereocenters. The van der Waals surface area contributed by atoms with Crippen molar-refractivity contribution < 1.29 is 22.0 Å². The predicted molar refractivity (Wildman–Crippen MR) is 107 cm³/mol. The molecule has 3 rings (SSSR count). The van der Waals surface area contributed by atoms with Gasteiger partial charge in [0, 0.05) is 30.6 Å². The summed E-state index contributed by atoms with van der Waals surface area (Å²) in [6.07, 6.45) is 1.29. The predicted octanol–water partition coefficient (Wildman–Crippen LogP) is 3.41. The van der Waals surface area contributed by atoms with Crippen molar-refractivity contribution in [3.8, 4) is 0 Å². The van der Waals surface area contributed by atoms with Crippen LogP contribution in [0.15, 0.2) is 47.5 Å². The van der Waals surface area contributed by atoms with Crippen molar-refractivity contribution in [3.05, 3.63) is 48.2 Å². The number of rotatable bonds is 6. The van der Waals surface area contributed by atoms with Crippen LogP contribution in [0.4, 0.5) is 14.6 Å². The van der Waals surface area contributed by atoms with Crippen LogP contribution >= 0.6 is 0 Å². The number of carbonyl (C=O) groups is 1. The number of anilines is 1. The summed E-state index contributed by atoms with van der Waals surface area (Å²) in [7, 11) is -3.38. The number of aromatic nitrogens is 2. The smallest absolute Gasteiger partial charge is 0.257 e. The van der Waals surface area contributed by atoms with Crippen LogP contribution in [0.3, 0.4) is 0 Å². The molecule has 1 aromatic carbocycles. The lowest BCUT2D eigenvalue weighted by Gasteiger charge is -2.11. The lowest BCUT2D eigenvalue weighted by Crippen LogP contribution is -2.15. The minimum atomic E-state index is -3.38. The molecule has 0 spiro atoms. The van der Waals surface area contributed by atoms with Crippen LogP contribution in [0.2, 0.25) is 0 Å². The minimum absolute atomic E-state index is 0.00380. The Labute approximate surface area is 168 Å². The van der Waals surface area contributed by atoms with E-state index in [1.165, 1.54) is 24.3 Å². The second kappa shape index (κ2) is 8.44. The Balaban J connectivity index is 1.91. The third-order valence-electron chi connectivity index (χ3n) is 4.90. The zero-order chi connectivity index (χ0) is 21.2. The zero-order valence-corrected chi connectivity index (χ0v) is 17.0. The van der Waals surface area contributed by atoms with Crippen molar-refractivity contribution >= 4 is 27.1 Å². The molecule has 6 nitrogen and oxygen atoms in total. The Morgan fingerprint density at radius 1 is 1.21 bits per heavy atom. The molecule has 9 heteroatoms. The number of carbonyl (C=O) groups excluding carboxylic acids is 1. The number of hydrogen-bond donors (Lipinski definition) is 1. The van der Waals surface area contributed by atoms with Crippen molar-refractivity contribution in [2.75, 3.05) is 11.6 Å². The summed E-state index contributed by atoms with van der Waals surface area (Å²) in [5.41, 5.74) is 0.685. The standard InChI is InChI=1S/C20H23F2N3O3S/c1-3-25-9-8-19(24-25)23-20(26)16(10-13-11-17(21)18(22)12-13)14-4-6-15(7-5-14)29(2,27)28/h4-10,13,17-18H,3,11-12H2,1-2H3,(H,23,24,26)/t13?,17-,18+. The topological polar surface area (TPSA) is 81.1 Å². The summed E-state index contributed by atoms with van der Waals surface area (Å²) in [6, 6.07) is 7.49. The number of alkyl halides is 2. The molecule has 1 aliphatic carbocycles. The monoisotopic (exact) mass is 423 g/mol. The second-order valence-corrected chi connectivity index (χ2v) is 9.17. The van der Waals surface area contributed by atoms with Crippen LogP contribution in [-0.4, -0.2) is 42.7 Å². The lowest BCUT2D eigenvalue weighted by molar-refractivity contribution is -0.111. The van der Waals surface area contributed by atoms with E-state index in [9.17, 15) is 22.0 Å². The molecule has 3 atom stereocenters. The lowest BCUT2D eigenvalue weighted by atomic mass is 9.98. The van der Waals surface area contributed by atoms with E-state index in [1.54, 1.807) is 23.0 Å². The van der Waals surface area contributed by atoms with Gasteiger partial charge in [-0.2, -0.15) is 5.10 Å². The highest BCUT2D eigenvalue weighted by Gasteiger charge is 2.34. The number of allylic oxidation sites excluding steroid dienone is 1. The van der Waals surface area contributed by atoms with Gasteiger partial charge in [-0.15, -0.1) is 0 Å². The summed E-state index contributed by atoms with van der Waals surface area (Å²) >= 11 is 0. The van der Waals surface area contributed by atoms with E-state index in [1.807, 2.05) is 6.92 Å². The average molecular weight is 423 g/mol. The van der Waals surface area contributed by atoms with Crippen LogP contribution in [0, 0.1) is 5.92 Å². The second-order valence-electron chi connectivity index (χ2n) is 7.15. The molecule has 1 amide bonds. The molecule has 1 fully saturated rings. The Morgan fingerprint density at radius 3 is 2.34 bits per heavy atom. The molecule has 1 saturated carbocycles. The number of halogens is 2. The molecule has 1 aromatic heterocycles. The Bertz CT molecular complexity index is 1010. The molecule has 1 N–H and O–H groups in total. The van der Waals surface area contributed by atoms with Crippen LogP contribution in [-0.2, 0) is 21.2 Å². The molecule has 0 bridgehead atoms. The quantitative estimate of drug-likeness (QED) is 0.722. The molecule has 0 aliphatic heterocycles.